The van der Waals surface area contributed by atoms with Crippen molar-refractivity contribution in [3.8, 4) is 5.75 Å². The molecular weight excluding hydrogens is 401 g/mol. The highest BCUT2D eigenvalue weighted by Gasteiger charge is 2.22. The van der Waals surface area contributed by atoms with E-state index in [4.69, 9.17) is 9.26 Å². The smallest absolute Gasteiger partial charge is 0.280 e. The van der Waals surface area contributed by atoms with E-state index < -0.39 is 11.7 Å². The van der Waals surface area contributed by atoms with Gasteiger partial charge in [0, 0.05) is 0 Å². The number of nitrogens with zero attached hydrogens (tertiary/aromatic N) is 4. The van der Waals surface area contributed by atoms with Crippen LogP contribution in [0.15, 0.2) is 59.4 Å². The van der Waals surface area contributed by atoms with Gasteiger partial charge < -0.3 is 9.26 Å². The number of benzene rings is 2. The van der Waals surface area contributed by atoms with Crippen LogP contribution < -0.4 is 10.1 Å². The van der Waals surface area contributed by atoms with Gasteiger partial charge in [0.2, 0.25) is 5.95 Å². The van der Waals surface area contributed by atoms with Gasteiger partial charge in [-0.25, -0.2) is 14.1 Å². The Balaban J connectivity index is 1.44. The Kier molecular flexibility index (Phi) is 5.74. The summed E-state index contributed by atoms with van der Waals surface area (Å²) in [5, 5.41) is 10.7. The lowest BCUT2D eigenvalue weighted by Gasteiger charge is -2.07. The van der Waals surface area contributed by atoms with Gasteiger partial charge in [-0.05, 0) is 37.1 Å². The van der Waals surface area contributed by atoms with Gasteiger partial charge >= 0.3 is 0 Å². The van der Waals surface area contributed by atoms with Gasteiger partial charge in [-0.3, -0.25) is 10.1 Å². The maximum atomic E-state index is 13.8. The molecule has 0 aliphatic heterocycles. The molecule has 0 spiro atoms. The van der Waals surface area contributed by atoms with Crippen LogP contribution in [0.4, 0.5) is 10.3 Å². The summed E-state index contributed by atoms with van der Waals surface area (Å²) < 4.78 is 26.1. The van der Waals surface area contributed by atoms with E-state index in [1.165, 1.54) is 18.5 Å². The van der Waals surface area contributed by atoms with Crippen LogP contribution in [0, 0.1) is 19.7 Å². The fourth-order valence-corrected chi connectivity index (χ4v) is 3.00. The molecule has 1 N–H and O–H groups in total. The van der Waals surface area contributed by atoms with Crippen LogP contribution in [-0.4, -0.2) is 25.8 Å². The normalized spacial score (nSPS) is 10.8. The van der Waals surface area contributed by atoms with Gasteiger partial charge in [0.15, 0.2) is 17.3 Å². The number of ether oxygens (including phenoxy) is 1. The quantitative estimate of drug-likeness (QED) is 0.486. The Morgan fingerprint density at radius 2 is 1.94 bits per heavy atom. The Morgan fingerprint density at radius 3 is 2.74 bits per heavy atom. The molecule has 1 amide bonds. The second kappa shape index (κ2) is 8.78. The average Bonchev–Trinajstić information content (AvgIpc) is 3.35. The lowest BCUT2D eigenvalue weighted by atomic mass is 10.1. The number of nitrogens with one attached hydrogen (secondary N) is 1. The zero-order chi connectivity index (χ0) is 21.8. The number of hydrogen-bond donors (Lipinski definition) is 1. The van der Waals surface area contributed by atoms with Gasteiger partial charge in [0.05, 0.1) is 12.1 Å². The molecule has 31 heavy (non-hydrogen) atoms. The minimum absolute atomic E-state index is 0.0316. The summed E-state index contributed by atoms with van der Waals surface area (Å²) in [5.41, 5.74) is 2.69. The third-order valence-electron chi connectivity index (χ3n) is 4.76. The van der Waals surface area contributed by atoms with Crippen molar-refractivity contribution >= 4 is 11.9 Å². The molecule has 9 heteroatoms. The van der Waals surface area contributed by atoms with E-state index in [1.54, 1.807) is 23.7 Å². The molecule has 0 unspecified atom stereocenters. The van der Waals surface area contributed by atoms with E-state index in [1.807, 2.05) is 31.2 Å². The first-order valence-corrected chi connectivity index (χ1v) is 9.59. The van der Waals surface area contributed by atoms with Crippen molar-refractivity contribution in [2.24, 2.45) is 0 Å². The van der Waals surface area contributed by atoms with E-state index in [0.29, 0.717) is 17.9 Å². The molecule has 0 fully saturated rings. The number of amides is 1. The van der Waals surface area contributed by atoms with Gasteiger partial charge in [0.1, 0.15) is 18.7 Å². The number of carbonyl (C=O) groups excluding carboxylic acids is 1. The van der Waals surface area contributed by atoms with Crippen molar-refractivity contribution in [1.82, 2.24) is 19.9 Å². The predicted molar refractivity (Wildman–Crippen MR) is 110 cm³/mol. The second-order valence-electron chi connectivity index (χ2n) is 6.93. The number of aromatic nitrogens is 4. The first-order valence-electron chi connectivity index (χ1n) is 9.59. The minimum atomic E-state index is -0.544. The highest BCUT2D eigenvalue weighted by molar-refractivity contribution is 6.02. The maximum Gasteiger partial charge on any atom is 0.280 e. The zero-order valence-corrected chi connectivity index (χ0v) is 17.0. The summed E-state index contributed by atoms with van der Waals surface area (Å²) in [6.07, 6.45) is 1.54. The molecule has 2 aromatic heterocycles. The molecule has 4 rings (SSSR count). The molecule has 0 aliphatic rings. The predicted octanol–water partition coefficient (Wildman–Crippen LogP) is 3.90. The number of halogens is 1. The number of aryl methyl sites for hydroxylation is 2. The third-order valence-corrected chi connectivity index (χ3v) is 4.76. The van der Waals surface area contributed by atoms with Crippen LogP contribution in [-0.2, 0) is 13.2 Å². The van der Waals surface area contributed by atoms with Crippen molar-refractivity contribution < 1.29 is 18.4 Å². The summed E-state index contributed by atoms with van der Waals surface area (Å²) in [7, 11) is 0. The van der Waals surface area contributed by atoms with Crippen molar-refractivity contribution in [3.05, 3.63) is 88.8 Å². The number of hydrogen-bond acceptors (Lipinski definition) is 6. The fourth-order valence-electron chi connectivity index (χ4n) is 3.00. The highest BCUT2D eigenvalue weighted by Crippen LogP contribution is 2.21. The van der Waals surface area contributed by atoms with Crippen molar-refractivity contribution in [3.63, 3.8) is 0 Å². The monoisotopic (exact) mass is 421 g/mol. The van der Waals surface area contributed by atoms with E-state index in [0.717, 1.165) is 11.1 Å². The fraction of sp³-hybridized carbons (Fsp3) is 0.182. The SMILES string of the molecule is Cc1ccccc1Cn1cnc(NC(=O)c2noc(C)c2COc2ccccc2F)n1. The topological polar surface area (TPSA) is 95.1 Å². The summed E-state index contributed by atoms with van der Waals surface area (Å²) in [5.74, 6) is -0.422. The Hall–Kier alpha value is -4.01. The lowest BCUT2D eigenvalue weighted by Crippen LogP contribution is -2.16. The molecule has 4 aromatic rings. The molecule has 0 atom stereocenters. The van der Waals surface area contributed by atoms with Gasteiger partial charge in [-0.1, -0.05) is 41.6 Å². The van der Waals surface area contributed by atoms with E-state index in [2.05, 4.69) is 20.6 Å². The van der Waals surface area contributed by atoms with E-state index in [-0.39, 0.29) is 24.0 Å². The van der Waals surface area contributed by atoms with Gasteiger partial charge in [-0.2, -0.15) is 0 Å². The number of carbonyl (C=O) groups is 1. The summed E-state index contributed by atoms with van der Waals surface area (Å²) in [6, 6.07) is 14.0. The molecule has 8 nitrogen and oxygen atoms in total. The number of anilines is 1. The standard InChI is InChI=1S/C22H20FN5O3/c1-14-7-3-4-8-16(14)11-28-13-24-22(26-28)25-21(29)20-17(15(2)31-27-20)12-30-19-10-6-5-9-18(19)23/h3-10,13H,11-12H2,1-2H3,(H,25,26,29). The van der Waals surface area contributed by atoms with Crippen LogP contribution in [0.3, 0.4) is 0 Å². The zero-order valence-electron chi connectivity index (χ0n) is 17.0. The largest absolute Gasteiger partial charge is 0.486 e. The van der Waals surface area contributed by atoms with Crippen molar-refractivity contribution in [2.45, 2.75) is 27.0 Å². The Labute approximate surface area is 177 Å². The molecule has 2 aromatic carbocycles. The molecule has 2 heterocycles. The van der Waals surface area contributed by atoms with Crippen LogP contribution in [0.25, 0.3) is 0 Å². The van der Waals surface area contributed by atoms with Gasteiger partial charge in [0.25, 0.3) is 5.91 Å². The number of rotatable bonds is 7. The molecule has 0 saturated heterocycles. The number of para-hydroxylation sites is 1. The maximum absolute atomic E-state index is 13.8. The Morgan fingerprint density at radius 1 is 1.16 bits per heavy atom. The molecule has 0 saturated carbocycles. The van der Waals surface area contributed by atoms with E-state index >= 15 is 0 Å². The van der Waals surface area contributed by atoms with E-state index in [9.17, 15) is 9.18 Å². The van der Waals surface area contributed by atoms with Crippen LogP contribution in [0.2, 0.25) is 0 Å². The van der Waals surface area contributed by atoms with Crippen molar-refractivity contribution in [2.75, 3.05) is 5.32 Å². The molecule has 0 radical (unpaired) electrons. The second-order valence-corrected chi connectivity index (χ2v) is 6.93. The van der Waals surface area contributed by atoms with Gasteiger partial charge in [-0.15, -0.1) is 5.10 Å². The molecule has 158 valence electrons. The lowest BCUT2D eigenvalue weighted by molar-refractivity contribution is 0.101. The average molecular weight is 421 g/mol. The first kappa shape index (κ1) is 20.3. The van der Waals surface area contributed by atoms with Crippen LogP contribution >= 0.6 is 0 Å². The first-order chi connectivity index (χ1) is 15.0. The summed E-state index contributed by atoms with van der Waals surface area (Å²) in [4.78, 5) is 16.8. The minimum Gasteiger partial charge on any atom is -0.486 e. The van der Waals surface area contributed by atoms with Crippen LogP contribution in [0.1, 0.15) is 32.9 Å². The molecular formula is C22H20FN5O3. The third kappa shape index (κ3) is 4.61. The molecule has 0 bridgehead atoms. The Bertz CT molecular complexity index is 1220. The highest BCUT2D eigenvalue weighted by atomic mass is 19.1. The molecule has 0 aliphatic carbocycles. The summed E-state index contributed by atoms with van der Waals surface area (Å²) in [6.45, 7) is 4.13. The van der Waals surface area contributed by atoms with Crippen molar-refractivity contribution in [1.29, 1.82) is 0 Å². The summed E-state index contributed by atoms with van der Waals surface area (Å²) >= 11 is 0. The van der Waals surface area contributed by atoms with Crippen LogP contribution in [0.5, 0.6) is 5.75 Å².